The molecule has 0 bridgehead atoms. The lowest BCUT2D eigenvalue weighted by Gasteiger charge is -2.10. The maximum atomic E-state index is 11.9. The van der Waals surface area contributed by atoms with Crippen LogP contribution < -0.4 is 11.1 Å². The van der Waals surface area contributed by atoms with E-state index < -0.39 is 0 Å². The van der Waals surface area contributed by atoms with Crippen molar-refractivity contribution >= 4 is 11.7 Å². The number of aromatic nitrogens is 2. The Labute approximate surface area is 104 Å². The van der Waals surface area contributed by atoms with Crippen LogP contribution in [-0.2, 0) is 0 Å². The zero-order valence-corrected chi connectivity index (χ0v) is 10.2. The summed E-state index contributed by atoms with van der Waals surface area (Å²) in [6.07, 6.45) is 3.04. The molecule has 0 saturated carbocycles. The fourth-order valence-electron chi connectivity index (χ4n) is 1.45. The number of nitrogens with one attached hydrogen (secondary N) is 1. The number of pyridine rings is 1. The first-order valence-corrected chi connectivity index (χ1v) is 5.51. The molecule has 1 amide bonds. The Morgan fingerprint density at radius 2 is 2.17 bits per heavy atom. The molecule has 0 radical (unpaired) electrons. The molecule has 6 nitrogen and oxygen atoms in total. The molecule has 0 saturated heterocycles. The second-order valence-electron chi connectivity index (χ2n) is 3.98. The molecule has 2 aromatic rings. The molecule has 1 unspecified atom stereocenters. The van der Waals surface area contributed by atoms with Crippen molar-refractivity contribution < 1.29 is 9.21 Å². The molecular weight excluding hydrogens is 232 g/mol. The Hall–Kier alpha value is -2.37. The van der Waals surface area contributed by atoms with Gasteiger partial charge in [0.15, 0.2) is 0 Å². The maximum absolute atomic E-state index is 11.9. The Morgan fingerprint density at radius 3 is 2.72 bits per heavy atom. The normalized spacial score (nSPS) is 12.1. The van der Waals surface area contributed by atoms with Crippen LogP contribution in [0.5, 0.6) is 0 Å². The predicted octanol–water partition coefficient (Wildman–Crippen LogP) is 1.45. The van der Waals surface area contributed by atoms with Gasteiger partial charge in [-0.25, -0.2) is 9.97 Å². The molecule has 18 heavy (non-hydrogen) atoms. The second kappa shape index (κ2) is 4.87. The lowest BCUT2D eigenvalue weighted by Crippen LogP contribution is -2.26. The van der Waals surface area contributed by atoms with Crippen LogP contribution in [0.2, 0.25) is 0 Å². The highest BCUT2D eigenvalue weighted by Gasteiger charge is 2.15. The highest BCUT2D eigenvalue weighted by atomic mass is 16.4. The van der Waals surface area contributed by atoms with Crippen molar-refractivity contribution in [3.8, 4) is 0 Å². The smallest absolute Gasteiger partial charge is 0.253 e. The number of anilines is 1. The summed E-state index contributed by atoms with van der Waals surface area (Å²) in [6.45, 7) is 3.60. The number of nitrogen functional groups attached to an aromatic ring is 1. The Kier molecular flexibility index (Phi) is 3.27. The summed E-state index contributed by atoms with van der Waals surface area (Å²) in [5.74, 6) is 1.32. The lowest BCUT2D eigenvalue weighted by atomic mass is 10.2. The number of carbonyl (C=O) groups excluding carboxylic acids is 1. The number of rotatable bonds is 3. The summed E-state index contributed by atoms with van der Waals surface area (Å²) in [4.78, 5) is 19.8. The molecule has 0 fully saturated rings. The van der Waals surface area contributed by atoms with Crippen LogP contribution in [0.15, 0.2) is 28.9 Å². The number of hydrogen-bond acceptors (Lipinski definition) is 5. The first-order valence-electron chi connectivity index (χ1n) is 5.51. The SMILES string of the molecule is Cc1cnc(C(C)NC(=O)c2ccc(N)nc2)o1. The first-order chi connectivity index (χ1) is 8.56. The average Bonchev–Trinajstić information content (AvgIpc) is 2.76. The standard InChI is InChI=1S/C12H14N4O2/c1-7-5-15-12(18-7)8(2)16-11(17)9-3-4-10(13)14-6-9/h3-6,8H,1-2H3,(H2,13,14)(H,16,17). The predicted molar refractivity (Wildman–Crippen MR) is 65.8 cm³/mol. The molecule has 0 aliphatic heterocycles. The number of nitrogens with zero attached hydrogens (tertiary/aromatic N) is 2. The van der Waals surface area contributed by atoms with Crippen molar-refractivity contribution in [3.05, 3.63) is 41.7 Å². The van der Waals surface area contributed by atoms with E-state index in [0.29, 0.717) is 23.0 Å². The van der Waals surface area contributed by atoms with E-state index in [1.165, 1.54) is 6.20 Å². The van der Waals surface area contributed by atoms with Crippen LogP contribution in [0.3, 0.4) is 0 Å². The number of aryl methyl sites for hydroxylation is 1. The fourth-order valence-corrected chi connectivity index (χ4v) is 1.45. The maximum Gasteiger partial charge on any atom is 0.253 e. The largest absolute Gasteiger partial charge is 0.444 e. The third kappa shape index (κ3) is 2.65. The summed E-state index contributed by atoms with van der Waals surface area (Å²) in [5.41, 5.74) is 5.90. The lowest BCUT2D eigenvalue weighted by molar-refractivity contribution is 0.0933. The van der Waals surface area contributed by atoms with Crippen LogP contribution in [0.1, 0.15) is 35.0 Å². The molecule has 94 valence electrons. The summed E-state index contributed by atoms with van der Waals surface area (Å²) < 4.78 is 5.34. The fraction of sp³-hybridized carbons (Fsp3) is 0.250. The van der Waals surface area contributed by atoms with Gasteiger partial charge in [0.05, 0.1) is 11.8 Å². The van der Waals surface area contributed by atoms with Gasteiger partial charge in [-0.15, -0.1) is 0 Å². The van der Waals surface area contributed by atoms with Crippen LogP contribution in [-0.4, -0.2) is 15.9 Å². The van der Waals surface area contributed by atoms with E-state index in [1.54, 1.807) is 32.2 Å². The molecule has 2 rings (SSSR count). The van der Waals surface area contributed by atoms with Gasteiger partial charge in [0.1, 0.15) is 17.6 Å². The zero-order chi connectivity index (χ0) is 13.1. The van der Waals surface area contributed by atoms with Gasteiger partial charge in [-0.05, 0) is 26.0 Å². The molecule has 1 atom stereocenters. The number of hydrogen-bond donors (Lipinski definition) is 2. The molecule has 0 spiro atoms. The van der Waals surface area contributed by atoms with Crippen LogP contribution in [0.25, 0.3) is 0 Å². The van der Waals surface area contributed by atoms with E-state index in [4.69, 9.17) is 10.2 Å². The number of amides is 1. The van der Waals surface area contributed by atoms with E-state index >= 15 is 0 Å². The quantitative estimate of drug-likeness (QED) is 0.854. The molecule has 2 aromatic heterocycles. The van der Waals surface area contributed by atoms with Crippen LogP contribution in [0, 0.1) is 6.92 Å². The summed E-state index contributed by atoms with van der Waals surface area (Å²) in [7, 11) is 0. The van der Waals surface area contributed by atoms with Gasteiger partial charge in [0.25, 0.3) is 5.91 Å². The molecular formula is C12H14N4O2. The topological polar surface area (TPSA) is 94.0 Å². The minimum absolute atomic E-state index is 0.245. The molecule has 0 aliphatic rings. The highest BCUT2D eigenvalue weighted by Crippen LogP contribution is 2.12. The van der Waals surface area contributed by atoms with E-state index in [1.807, 2.05) is 0 Å². The Balaban J connectivity index is 2.05. The Bertz CT molecular complexity index is 547. The van der Waals surface area contributed by atoms with Gasteiger partial charge >= 0.3 is 0 Å². The van der Waals surface area contributed by atoms with E-state index in [9.17, 15) is 4.79 Å². The van der Waals surface area contributed by atoms with Gasteiger partial charge in [0, 0.05) is 6.20 Å². The highest BCUT2D eigenvalue weighted by molar-refractivity contribution is 5.94. The zero-order valence-electron chi connectivity index (χ0n) is 10.2. The average molecular weight is 246 g/mol. The minimum Gasteiger partial charge on any atom is -0.444 e. The van der Waals surface area contributed by atoms with E-state index in [0.717, 1.165) is 0 Å². The summed E-state index contributed by atoms with van der Waals surface area (Å²) >= 11 is 0. The summed E-state index contributed by atoms with van der Waals surface area (Å²) in [6, 6.07) is 2.89. The Morgan fingerprint density at radius 1 is 1.39 bits per heavy atom. The third-order valence-electron chi connectivity index (χ3n) is 2.41. The molecule has 0 aliphatic carbocycles. The van der Waals surface area contributed by atoms with Gasteiger partial charge in [-0.3, -0.25) is 4.79 Å². The van der Waals surface area contributed by atoms with Crippen molar-refractivity contribution in [1.82, 2.24) is 15.3 Å². The number of carbonyl (C=O) groups is 1. The molecule has 3 N–H and O–H groups in total. The van der Waals surface area contributed by atoms with Crippen molar-refractivity contribution in [1.29, 1.82) is 0 Å². The van der Waals surface area contributed by atoms with Crippen LogP contribution in [0.4, 0.5) is 5.82 Å². The second-order valence-corrected chi connectivity index (χ2v) is 3.98. The van der Waals surface area contributed by atoms with Crippen molar-refractivity contribution in [2.75, 3.05) is 5.73 Å². The minimum atomic E-state index is -0.302. The van der Waals surface area contributed by atoms with Crippen molar-refractivity contribution in [2.45, 2.75) is 19.9 Å². The summed E-state index contributed by atoms with van der Waals surface area (Å²) in [5, 5.41) is 2.77. The third-order valence-corrected chi connectivity index (χ3v) is 2.41. The van der Waals surface area contributed by atoms with Gasteiger partial charge < -0.3 is 15.5 Å². The molecule has 2 heterocycles. The van der Waals surface area contributed by atoms with Crippen molar-refractivity contribution in [3.63, 3.8) is 0 Å². The molecule has 6 heteroatoms. The van der Waals surface area contributed by atoms with E-state index in [-0.39, 0.29) is 11.9 Å². The van der Waals surface area contributed by atoms with E-state index in [2.05, 4.69) is 15.3 Å². The van der Waals surface area contributed by atoms with Gasteiger partial charge in [0.2, 0.25) is 5.89 Å². The van der Waals surface area contributed by atoms with Crippen LogP contribution >= 0.6 is 0 Å². The number of oxazole rings is 1. The van der Waals surface area contributed by atoms with Crippen molar-refractivity contribution in [2.24, 2.45) is 0 Å². The monoisotopic (exact) mass is 246 g/mol. The molecule has 0 aromatic carbocycles. The van der Waals surface area contributed by atoms with Gasteiger partial charge in [-0.2, -0.15) is 0 Å². The van der Waals surface area contributed by atoms with Gasteiger partial charge in [-0.1, -0.05) is 0 Å². The first kappa shape index (κ1) is 12.1. The number of nitrogens with two attached hydrogens (primary N) is 1.